The second kappa shape index (κ2) is 7.94. The largest absolute Gasteiger partial charge is 0.298 e. The lowest BCUT2D eigenvalue weighted by atomic mass is 10.2. The van der Waals surface area contributed by atoms with Gasteiger partial charge in [0.1, 0.15) is 4.88 Å². The van der Waals surface area contributed by atoms with Crippen molar-refractivity contribution in [1.82, 2.24) is 10.1 Å². The monoisotopic (exact) mass is 489 g/mol. The first-order valence-electron chi connectivity index (χ1n) is 8.50. The first kappa shape index (κ1) is 20.7. The van der Waals surface area contributed by atoms with Gasteiger partial charge in [-0.25, -0.2) is 13.1 Å². The van der Waals surface area contributed by atoms with Gasteiger partial charge in [-0.15, -0.1) is 11.3 Å². The Hall–Kier alpha value is -1.55. The van der Waals surface area contributed by atoms with Crippen molar-refractivity contribution < 1.29 is 13.2 Å². The molecule has 0 atom stereocenters. The molecule has 6 nitrogen and oxygen atoms in total. The average Bonchev–Trinajstić information content (AvgIpc) is 3.40. The van der Waals surface area contributed by atoms with Crippen LogP contribution in [0.5, 0.6) is 0 Å². The van der Waals surface area contributed by atoms with Crippen molar-refractivity contribution in [3.05, 3.63) is 56.3 Å². The Morgan fingerprint density at radius 2 is 1.76 bits per heavy atom. The van der Waals surface area contributed by atoms with Gasteiger partial charge in [-0.2, -0.15) is 0 Å². The zero-order valence-corrected chi connectivity index (χ0v) is 18.5. The summed E-state index contributed by atoms with van der Waals surface area (Å²) >= 11 is 19.7. The van der Waals surface area contributed by atoms with E-state index in [2.05, 4.69) is 15.6 Å². The van der Waals surface area contributed by atoms with Gasteiger partial charge in [0.15, 0.2) is 0 Å². The summed E-state index contributed by atoms with van der Waals surface area (Å²) in [4.78, 5) is 13.0. The number of hydrogen-bond acceptors (Lipinski definition) is 5. The van der Waals surface area contributed by atoms with E-state index in [9.17, 15) is 13.2 Å². The Kier molecular flexibility index (Phi) is 5.67. The lowest BCUT2D eigenvalue weighted by molar-refractivity contribution is 0.0967. The standard InChI is InChI=1S/C18H14Cl3N3O3S2/c19-9-7-13(20)15-14(8-9)28-17(16(15)21)18(25)23-22-10-3-5-12(6-4-10)29(26,27)24-11-1-2-11/h3-8,11,22,24H,1-2H2,(H,23,25). The molecule has 0 spiro atoms. The normalized spacial score (nSPS) is 14.2. The van der Waals surface area contributed by atoms with Crippen molar-refractivity contribution in [3.8, 4) is 0 Å². The third-order valence-corrected chi connectivity index (χ3v) is 7.92. The Bertz CT molecular complexity index is 1210. The van der Waals surface area contributed by atoms with Crippen LogP contribution in [-0.4, -0.2) is 20.4 Å². The van der Waals surface area contributed by atoms with E-state index >= 15 is 0 Å². The summed E-state index contributed by atoms with van der Waals surface area (Å²) in [6.45, 7) is 0. The van der Waals surface area contributed by atoms with Crippen LogP contribution in [0.25, 0.3) is 10.1 Å². The third-order valence-electron chi connectivity index (χ3n) is 4.24. The van der Waals surface area contributed by atoms with Crippen LogP contribution in [0.4, 0.5) is 5.69 Å². The zero-order valence-electron chi connectivity index (χ0n) is 14.6. The molecule has 4 rings (SSSR count). The minimum atomic E-state index is -3.52. The van der Waals surface area contributed by atoms with E-state index in [1.807, 2.05) is 0 Å². The molecule has 1 fully saturated rings. The molecule has 1 amide bonds. The number of carbonyl (C=O) groups is 1. The summed E-state index contributed by atoms with van der Waals surface area (Å²) in [6, 6.07) is 9.35. The van der Waals surface area contributed by atoms with Crippen LogP contribution in [0.3, 0.4) is 0 Å². The van der Waals surface area contributed by atoms with Gasteiger partial charge >= 0.3 is 0 Å². The number of sulfonamides is 1. The number of hydrogen-bond donors (Lipinski definition) is 3. The van der Waals surface area contributed by atoms with Gasteiger partial charge in [-0.3, -0.25) is 15.6 Å². The first-order chi connectivity index (χ1) is 13.7. The Labute approximate surface area is 186 Å². The van der Waals surface area contributed by atoms with Crippen molar-refractivity contribution in [2.75, 3.05) is 5.43 Å². The van der Waals surface area contributed by atoms with Crippen molar-refractivity contribution in [1.29, 1.82) is 0 Å². The van der Waals surface area contributed by atoms with Crippen molar-refractivity contribution in [2.24, 2.45) is 0 Å². The maximum atomic E-state index is 12.5. The third kappa shape index (κ3) is 4.47. The summed E-state index contributed by atoms with van der Waals surface area (Å²) in [5, 5.41) is 1.65. The molecule has 3 aromatic rings. The summed E-state index contributed by atoms with van der Waals surface area (Å²) in [5.41, 5.74) is 5.81. The molecular formula is C18H14Cl3N3O3S2. The van der Waals surface area contributed by atoms with Gasteiger partial charge in [0.05, 0.1) is 20.6 Å². The number of carbonyl (C=O) groups excluding carboxylic acids is 1. The van der Waals surface area contributed by atoms with Crippen LogP contribution in [-0.2, 0) is 10.0 Å². The van der Waals surface area contributed by atoms with Crippen LogP contribution in [0.2, 0.25) is 15.1 Å². The average molecular weight is 491 g/mol. The fraction of sp³-hybridized carbons (Fsp3) is 0.167. The quantitative estimate of drug-likeness (QED) is 0.422. The lowest BCUT2D eigenvalue weighted by Gasteiger charge is -2.09. The van der Waals surface area contributed by atoms with Crippen molar-refractivity contribution in [3.63, 3.8) is 0 Å². The lowest BCUT2D eigenvalue weighted by Crippen LogP contribution is -2.29. The number of hydrazine groups is 1. The van der Waals surface area contributed by atoms with Crippen LogP contribution < -0.4 is 15.6 Å². The smallest absolute Gasteiger partial charge is 0.281 e. The Morgan fingerprint density at radius 1 is 1.07 bits per heavy atom. The predicted molar refractivity (Wildman–Crippen MR) is 118 cm³/mol. The molecule has 2 aromatic carbocycles. The van der Waals surface area contributed by atoms with Gasteiger partial charge in [-0.1, -0.05) is 34.8 Å². The summed E-state index contributed by atoms with van der Waals surface area (Å²) in [5.74, 6) is -0.449. The van der Waals surface area contributed by atoms with E-state index in [1.54, 1.807) is 24.3 Å². The predicted octanol–water partition coefficient (Wildman–Crippen LogP) is 5.06. The van der Waals surface area contributed by atoms with Crippen LogP contribution in [0, 0.1) is 0 Å². The first-order valence-corrected chi connectivity index (χ1v) is 11.9. The molecule has 11 heteroatoms. The molecule has 152 valence electrons. The van der Waals surface area contributed by atoms with Crippen LogP contribution in [0.1, 0.15) is 22.5 Å². The highest BCUT2D eigenvalue weighted by molar-refractivity contribution is 7.89. The molecule has 3 N–H and O–H groups in total. The maximum Gasteiger partial charge on any atom is 0.281 e. The van der Waals surface area contributed by atoms with Gasteiger partial charge in [0, 0.05) is 21.2 Å². The summed E-state index contributed by atoms with van der Waals surface area (Å²) in [7, 11) is -3.52. The number of rotatable bonds is 6. The van der Waals surface area contributed by atoms with E-state index in [-0.39, 0.29) is 20.8 Å². The maximum absolute atomic E-state index is 12.5. The molecule has 0 unspecified atom stereocenters. The summed E-state index contributed by atoms with van der Waals surface area (Å²) in [6.07, 6.45) is 1.73. The zero-order chi connectivity index (χ0) is 20.8. The van der Waals surface area contributed by atoms with Crippen molar-refractivity contribution in [2.45, 2.75) is 23.8 Å². The number of halogens is 3. The molecule has 1 aliphatic rings. The van der Waals surface area contributed by atoms with E-state index < -0.39 is 15.9 Å². The van der Waals surface area contributed by atoms with E-state index in [1.165, 1.54) is 23.5 Å². The molecule has 0 aliphatic heterocycles. The SMILES string of the molecule is O=C(NNc1ccc(S(=O)(=O)NC2CC2)cc1)c1sc2cc(Cl)cc(Cl)c2c1Cl. The molecule has 0 bridgehead atoms. The minimum absolute atomic E-state index is 0.0338. The molecule has 29 heavy (non-hydrogen) atoms. The van der Waals surface area contributed by atoms with Crippen LogP contribution >= 0.6 is 46.1 Å². The number of amides is 1. The molecule has 1 aliphatic carbocycles. The van der Waals surface area contributed by atoms with E-state index in [4.69, 9.17) is 34.8 Å². The fourth-order valence-electron chi connectivity index (χ4n) is 2.65. The number of nitrogens with one attached hydrogen (secondary N) is 3. The van der Waals surface area contributed by atoms with E-state index in [0.717, 1.165) is 12.8 Å². The number of benzene rings is 2. The van der Waals surface area contributed by atoms with Gasteiger partial charge in [-0.05, 0) is 49.2 Å². The topological polar surface area (TPSA) is 87.3 Å². The van der Waals surface area contributed by atoms with Crippen LogP contribution in [0.15, 0.2) is 41.3 Å². The highest BCUT2D eigenvalue weighted by Crippen LogP contribution is 2.41. The van der Waals surface area contributed by atoms with Gasteiger partial charge < -0.3 is 0 Å². The summed E-state index contributed by atoms with van der Waals surface area (Å²) < 4.78 is 27.7. The molecule has 1 aromatic heterocycles. The number of fused-ring (bicyclic) bond motifs is 1. The second-order valence-corrected chi connectivity index (χ2v) is 10.5. The molecule has 1 heterocycles. The fourth-order valence-corrected chi connectivity index (χ4v) is 6.23. The van der Waals surface area contributed by atoms with Crippen molar-refractivity contribution >= 4 is 77.8 Å². The minimum Gasteiger partial charge on any atom is -0.298 e. The highest BCUT2D eigenvalue weighted by atomic mass is 35.5. The van der Waals surface area contributed by atoms with E-state index in [0.29, 0.717) is 25.8 Å². The molecule has 0 radical (unpaired) electrons. The Balaban J connectivity index is 1.46. The molecule has 1 saturated carbocycles. The number of anilines is 1. The van der Waals surface area contributed by atoms with Gasteiger partial charge in [0.25, 0.3) is 5.91 Å². The number of thiophene rings is 1. The molecular weight excluding hydrogens is 477 g/mol. The van der Waals surface area contributed by atoms with Gasteiger partial charge in [0.2, 0.25) is 10.0 Å². The highest BCUT2D eigenvalue weighted by Gasteiger charge is 2.27. The Morgan fingerprint density at radius 3 is 2.41 bits per heavy atom. The second-order valence-electron chi connectivity index (χ2n) is 6.50. The molecule has 0 saturated heterocycles.